The molecule has 0 aliphatic carbocycles. The maximum absolute atomic E-state index is 12.8. The van der Waals surface area contributed by atoms with E-state index in [9.17, 15) is 14.0 Å². The van der Waals surface area contributed by atoms with Crippen LogP contribution in [-0.4, -0.2) is 24.5 Å². The van der Waals surface area contributed by atoms with Gasteiger partial charge in [0, 0.05) is 0 Å². The van der Waals surface area contributed by atoms with E-state index in [1.807, 2.05) is 13.8 Å². The SMILES string of the molecule is CCC(NC(=O)Cc1ccc(F)cc1)C(=O)OCC(C)C. The molecule has 0 fully saturated rings. The number of carbonyl (C=O) groups is 2. The number of amides is 1. The van der Waals surface area contributed by atoms with Crippen molar-refractivity contribution in [3.63, 3.8) is 0 Å². The Morgan fingerprint density at radius 2 is 1.86 bits per heavy atom. The van der Waals surface area contributed by atoms with Crippen LogP contribution >= 0.6 is 0 Å². The number of carbonyl (C=O) groups excluding carboxylic acids is 2. The van der Waals surface area contributed by atoms with Crippen LogP contribution in [0.5, 0.6) is 0 Å². The van der Waals surface area contributed by atoms with Crippen molar-refractivity contribution in [1.29, 1.82) is 0 Å². The van der Waals surface area contributed by atoms with Crippen molar-refractivity contribution in [1.82, 2.24) is 5.32 Å². The minimum Gasteiger partial charge on any atom is -0.464 e. The third kappa shape index (κ3) is 6.38. The number of nitrogens with one attached hydrogen (secondary N) is 1. The summed E-state index contributed by atoms with van der Waals surface area (Å²) in [5.74, 6) is -0.794. The summed E-state index contributed by atoms with van der Waals surface area (Å²) in [6, 6.07) is 5.06. The molecule has 1 N–H and O–H groups in total. The van der Waals surface area contributed by atoms with Crippen LogP contribution in [0.25, 0.3) is 0 Å². The van der Waals surface area contributed by atoms with E-state index in [-0.39, 0.29) is 24.1 Å². The van der Waals surface area contributed by atoms with Gasteiger partial charge in [-0.1, -0.05) is 32.9 Å². The molecule has 0 aliphatic heterocycles. The predicted molar refractivity (Wildman–Crippen MR) is 78.1 cm³/mol. The van der Waals surface area contributed by atoms with Gasteiger partial charge in [-0.25, -0.2) is 9.18 Å². The zero-order valence-corrected chi connectivity index (χ0v) is 12.7. The zero-order valence-electron chi connectivity index (χ0n) is 12.7. The average Bonchev–Trinajstić information content (AvgIpc) is 2.44. The second-order valence-corrected chi connectivity index (χ2v) is 5.36. The lowest BCUT2D eigenvalue weighted by atomic mass is 10.1. The van der Waals surface area contributed by atoms with Gasteiger partial charge < -0.3 is 10.1 Å². The molecule has 1 aromatic rings. The van der Waals surface area contributed by atoms with E-state index in [1.165, 1.54) is 12.1 Å². The largest absolute Gasteiger partial charge is 0.464 e. The van der Waals surface area contributed by atoms with Crippen LogP contribution in [0.3, 0.4) is 0 Å². The van der Waals surface area contributed by atoms with E-state index < -0.39 is 12.0 Å². The lowest BCUT2D eigenvalue weighted by Crippen LogP contribution is -2.42. The molecule has 116 valence electrons. The molecule has 0 saturated carbocycles. The van der Waals surface area contributed by atoms with E-state index in [0.717, 1.165) is 0 Å². The topological polar surface area (TPSA) is 55.4 Å². The molecular weight excluding hydrogens is 273 g/mol. The highest BCUT2D eigenvalue weighted by Gasteiger charge is 2.20. The molecule has 0 heterocycles. The Labute approximate surface area is 124 Å². The fraction of sp³-hybridized carbons (Fsp3) is 0.500. The molecule has 1 unspecified atom stereocenters. The maximum atomic E-state index is 12.8. The molecule has 0 spiro atoms. The number of halogens is 1. The van der Waals surface area contributed by atoms with Crippen LogP contribution < -0.4 is 5.32 Å². The number of rotatable bonds is 7. The van der Waals surface area contributed by atoms with Crippen molar-refractivity contribution >= 4 is 11.9 Å². The Kier molecular flexibility index (Phi) is 6.85. The highest BCUT2D eigenvalue weighted by molar-refractivity contribution is 5.85. The summed E-state index contributed by atoms with van der Waals surface area (Å²) in [5, 5.41) is 2.65. The Morgan fingerprint density at radius 3 is 2.38 bits per heavy atom. The molecule has 5 heteroatoms. The number of ether oxygens (including phenoxy) is 1. The van der Waals surface area contributed by atoms with Gasteiger partial charge in [0.25, 0.3) is 0 Å². The summed E-state index contributed by atoms with van der Waals surface area (Å²) in [7, 11) is 0. The first-order valence-electron chi connectivity index (χ1n) is 7.12. The van der Waals surface area contributed by atoms with Gasteiger partial charge in [0.2, 0.25) is 5.91 Å². The summed E-state index contributed by atoms with van der Waals surface area (Å²) < 4.78 is 17.9. The van der Waals surface area contributed by atoms with Crippen molar-refractivity contribution in [3.8, 4) is 0 Å². The van der Waals surface area contributed by atoms with Crippen LogP contribution in [-0.2, 0) is 20.7 Å². The summed E-state index contributed by atoms with van der Waals surface area (Å²) in [4.78, 5) is 23.7. The summed E-state index contributed by atoms with van der Waals surface area (Å²) in [6.45, 7) is 6.03. The quantitative estimate of drug-likeness (QED) is 0.786. The number of esters is 1. The Bertz CT molecular complexity index is 471. The first-order valence-corrected chi connectivity index (χ1v) is 7.12. The van der Waals surface area contributed by atoms with E-state index in [0.29, 0.717) is 18.6 Å². The van der Waals surface area contributed by atoms with Gasteiger partial charge in [0.15, 0.2) is 0 Å². The van der Waals surface area contributed by atoms with Gasteiger partial charge >= 0.3 is 5.97 Å². The smallest absolute Gasteiger partial charge is 0.328 e. The van der Waals surface area contributed by atoms with Crippen molar-refractivity contribution in [2.24, 2.45) is 5.92 Å². The normalized spacial score (nSPS) is 12.0. The van der Waals surface area contributed by atoms with E-state index >= 15 is 0 Å². The highest BCUT2D eigenvalue weighted by Crippen LogP contribution is 2.05. The Balaban J connectivity index is 2.50. The molecule has 21 heavy (non-hydrogen) atoms. The van der Waals surface area contributed by atoms with Crippen LogP contribution in [0.4, 0.5) is 4.39 Å². The van der Waals surface area contributed by atoms with E-state index in [4.69, 9.17) is 4.74 Å². The standard InChI is InChI=1S/C16H22FNO3/c1-4-14(16(20)21-10-11(2)3)18-15(19)9-12-5-7-13(17)8-6-12/h5-8,11,14H,4,9-10H2,1-3H3,(H,18,19). The lowest BCUT2D eigenvalue weighted by Gasteiger charge is -2.17. The van der Waals surface area contributed by atoms with E-state index in [1.54, 1.807) is 19.1 Å². The summed E-state index contributed by atoms with van der Waals surface area (Å²) in [6.07, 6.45) is 0.570. The molecule has 1 atom stereocenters. The van der Waals surface area contributed by atoms with Crippen LogP contribution in [0.2, 0.25) is 0 Å². The molecule has 1 amide bonds. The summed E-state index contributed by atoms with van der Waals surface area (Å²) in [5.41, 5.74) is 0.694. The predicted octanol–water partition coefficient (Wildman–Crippen LogP) is 2.46. The first-order chi connectivity index (χ1) is 9.92. The van der Waals surface area contributed by atoms with Crippen molar-refractivity contribution < 1.29 is 18.7 Å². The monoisotopic (exact) mass is 295 g/mol. The second-order valence-electron chi connectivity index (χ2n) is 5.36. The molecular formula is C16H22FNO3. The Morgan fingerprint density at radius 1 is 1.24 bits per heavy atom. The summed E-state index contributed by atoms with van der Waals surface area (Å²) >= 11 is 0. The number of hydrogen-bond donors (Lipinski definition) is 1. The molecule has 0 radical (unpaired) electrons. The Hall–Kier alpha value is -1.91. The molecule has 0 saturated heterocycles. The first kappa shape index (κ1) is 17.1. The minimum absolute atomic E-state index is 0.105. The molecule has 0 bridgehead atoms. The maximum Gasteiger partial charge on any atom is 0.328 e. The molecule has 4 nitrogen and oxygen atoms in total. The van der Waals surface area contributed by atoms with Crippen molar-refractivity contribution in [2.45, 2.75) is 39.7 Å². The van der Waals surface area contributed by atoms with Crippen LogP contribution in [0, 0.1) is 11.7 Å². The fourth-order valence-corrected chi connectivity index (χ4v) is 1.71. The third-order valence-corrected chi connectivity index (χ3v) is 2.86. The van der Waals surface area contributed by atoms with Crippen molar-refractivity contribution in [3.05, 3.63) is 35.6 Å². The minimum atomic E-state index is -0.642. The van der Waals surface area contributed by atoms with Gasteiger partial charge in [0.05, 0.1) is 13.0 Å². The second kappa shape index (κ2) is 8.39. The molecule has 0 aromatic heterocycles. The number of hydrogen-bond acceptors (Lipinski definition) is 3. The van der Waals surface area contributed by atoms with Gasteiger partial charge in [-0.3, -0.25) is 4.79 Å². The van der Waals surface area contributed by atoms with Gasteiger partial charge in [-0.05, 0) is 30.0 Å². The van der Waals surface area contributed by atoms with Crippen LogP contribution in [0.1, 0.15) is 32.8 Å². The third-order valence-electron chi connectivity index (χ3n) is 2.86. The molecule has 0 aliphatic rings. The van der Waals surface area contributed by atoms with Gasteiger partial charge in [-0.15, -0.1) is 0 Å². The van der Waals surface area contributed by atoms with Gasteiger partial charge in [-0.2, -0.15) is 0 Å². The highest BCUT2D eigenvalue weighted by atomic mass is 19.1. The molecule has 1 aromatic carbocycles. The zero-order chi connectivity index (χ0) is 15.8. The van der Waals surface area contributed by atoms with E-state index in [2.05, 4.69) is 5.32 Å². The fourth-order valence-electron chi connectivity index (χ4n) is 1.71. The van der Waals surface area contributed by atoms with Crippen molar-refractivity contribution in [2.75, 3.05) is 6.61 Å². The average molecular weight is 295 g/mol. The van der Waals surface area contributed by atoms with Gasteiger partial charge in [0.1, 0.15) is 11.9 Å². The lowest BCUT2D eigenvalue weighted by molar-refractivity contribution is -0.149. The van der Waals surface area contributed by atoms with Crippen LogP contribution in [0.15, 0.2) is 24.3 Å². The number of benzene rings is 1. The molecule has 1 rings (SSSR count).